The number of amides is 1. The van der Waals surface area contributed by atoms with Crippen molar-refractivity contribution in [1.82, 2.24) is 14.2 Å². The summed E-state index contributed by atoms with van der Waals surface area (Å²) in [6.45, 7) is 4.45. The lowest BCUT2D eigenvalue weighted by Crippen LogP contribution is -2.62. The lowest BCUT2D eigenvalue weighted by Gasteiger charge is -2.48. The molecule has 5 nitrogen and oxygen atoms in total. The summed E-state index contributed by atoms with van der Waals surface area (Å²) in [4.78, 5) is 19.4. The SMILES string of the molecule is O=C(N1CC(=C2CN(Sc3ccccn3)C2)C1)C1(c2ccccc2)COC1. The van der Waals surface area contributed by atoms with Gasteiger partial charge < -0.3 is 9.64 Å². The van der Waals surface area contributed by atoms with Crippen LogP contribution in [0.5, 0.6) is 0 Å². The van der Waals surface area contributed by atoms with E-state index in [-0.39, 0.29) is 5.91 Å². The lowest BCUT2D eigenvalue weighted by molar-refractivity contribution is -0.157. The third-order valence-corrected chi connectivity index (χ3v) is 6.52. The minimum absolute atomic E-state index is 0.211. The molecule has 0 aliphatic carbocycles. The molecule has 2 aromatic rings. The van der Waals surface area contributed by atoms with E-state index in [9.17, 15) is 4.79 Å². The number of ether oxygens (including phenoxy) is 1. The molecule has 6 heteroatoms. The number of benzene rings is 1. The van der Waals surface area contributed by atoms with Gasteiger partial charge in [-0.3, -0.25) is 4.79 Å². The third-order valence-electron chi connectivity index (χ3n) is 5.58. The number of likely N-dealkylation sites (tertiary alicyclic amines) is 1. The summed E-state index contributed by atoms with van der Waals surface area (Å²) in [7, 11) is 0. The third kappa shape index (κ3) is 2.98. The number of rotatable bonds is 4. The number of aromatic nitrogens is 1. The van der Waals surface area contributed by atoms with Crippen LogP contribution in [0.3, 0.4) is 0 Å². The van der Waals surface area contributed by atoms with Gasteiger partial charge in [-0.05, 0) is 40.8 Å². The van der Waals surface area contributed by atoms with Crippen molar-refractivity contribution >= 4 is 17.9 Å². The van der Waals surface area contributed by atoms with Crippen LogP contribution in [0.15, 0.2) is 70.9 Å². The molecule has 3 aliphatic rings. The van der Waals surface area contributed by atoms with Crippen molar-refractivity contribution < 1.29 is 9.53 Å². The van der Waals surface area contributed by atoms with Gasteiger partial charge >= 0.3 is 0 Å². The molecule has 3 fully saturated rings. The fraction of sp³-hybridized carbons (Fsp3) is 0.333. The topological polar surface area (TPSA) is 45.7 Å². The molecule has 0 spiro atoms. The Morgan fingerprint density at radius 3 is 2.30 bits per heavy atom. The van der Waals surface area contributed by atoms with Crippen molar-refractivity contribution in [2.45, 2.75) is 10.4 Å². The molecule has 0 bridgehead atoms. The Labute approximate surface area is 163 Å². The average molecular weight is 379 g/mol. The fourth-order valence-corrected chi connectivity index (χ4v) is 4.72. The Bertz CT molecular complexity index is 865. The number of nitrogens with zero attached hydrogens (tertiary/aromatic N) is 3. The molecule has 3 aliphatic heterocycles. The molecule has 1 aromatic heterocycles. The zero-order valence-electron chi connectivity index (χ0n) is 15.0. The van der Waals surface area contributed by atoms with E-state index < -0.39 is 5.41 Å². The number of carbonyl (C=O) groups excluding carboxylic acids is 1. The normalized spacial score (nSPS) is 21.3. The van der Waals surface area contributed by atoms with Gasteiger partial charge in [-0.25, -0.2) is 9.29 Å². The minimum atomic E-state index is -0.474. The second-order valence-corrected chi connectivity index (χ2v) is 8.48. The molecular weight excluding hydrogens is 358 g/mol. The van der Waals surface area contributed by atoms with Gasteiger partial charge in [0.2, 0.25) is 5.91 Å². The Hall–Kier alpha value is -2.15. The van der Waals surface area contributed by atoms with Crippen LogP contribution in [0.4, 0.5) is 0 Å². The number of hydrogen-bond donors (Lipinski definition) is 0. The van der Waals surface area contributed by atoms with Crippen molar-refractivity contribution in [3.8, 4) is 0 Å². The average Bonchev–Trinajstić information content (AvgIpc) is 2.59. The van der Waals surface area contributed by atoms with E-state index in [1.54, 1.807) is 11.9 Å². The molecular formula is C21H21N3O2S. The standard InChI is InChI=1S/C21H21N3O2S/c25-20(21(14-26-15-21)18-6-2-1-3-7-18)23-10-16(11-23)17-12-24(13-17)27-19-8-4-5-9-22-19/h1-9H,10-15H2. The smallest absolute Gasteiger partial charge is 0.238 e. The van der Waals surface area contributed by atoms with Crippen molar-refractivity contribution in [2.24, 2.45) is 0 Å². The van der Waals surface area contributed by atoms with E-state index in [4.69, 9.17) is 4.74 Å². The first-order valence-electron chi connectivity index (χ1n) is 9.21. The Balaban J connectivity index is 1.19. The van der Waals surface area contributed by atoms with E-state index in [0.717, 1.165) is 36.8 Å². The zero-order chi connectivity index (χ0) is 18.3. The molecule has 4 heterocycles. The van der Waals surface area contributed by atoms with Gasteiger partial charge in [0.25, 0.3) is 0 Å². The molecule has 1 amide bonds. The second-order valence-electron chi connectivity index (χ2n) is 7.37. The summed E-state index contributed by atoms with van der Waals surface area (Å²) in [5.41, 5.74) is 3.49. The maximum atomic E-state index is 13.1. The minimum Gasteiger partial charge on any atom is -0.378 e. The van der Waals surface area contributed by atoms with E-state index in [2.05, 4.69) is 9.29 Å². The molecule has 138 valence electrons. The number of pyridine rings is 1. The summed E-state index contributed by atoms with van der Waals surface area (Å²) in [5, 5.41) is 1.03. The van der Waals surface area contributed by atoms with Crippen LogP contribution in [-0.2, 0) is 14.9 Å². The monoisotopic (exact) mass is 379 g/mol. The van der Waals surface area contributed by atoms with Crippen LogP contribution in [0.25, 0.3) is 0 Å². The molecule has 0 saturated carbocycles. The van der Waals surface area contributed by atoms with E-state index in [1.165, 1.54) is 11.1 Å². The molecule has 1 aromatic carbocycles. The van der Waals surface area contributed by atoms with Gasteiger partial charge in [0, 0.05) is 32.4 Å². The molecule has 5 rings (SSSR count). The molecule has 0 unspecified atom stereocenters. The van der Waals surface area contributed by atoms with Gasteiger partial charge in [0.05, 0.1) is 13.2 Å². The Morgan fingerprint density at radius 2 is 1.67 bits per heavy atom. The molecule has 0 radical (unpaired) electrons. The van der Waals surface area contributed by atoms with Crippen molar-refractivity contribution in [2.75, 3.05) is 39.4 Å². The lowest BCUT2D eigenvalue weighted by atomic mass is 9.76. The Kier molecular flexibility index (Phi) is 4.27. The van der Waals surface area contributed by atoms with Gasteiger partial charge in [-0.1, -0.05) is 36.4 Å². The van der Waals surface area contributed by atoms with Crippen LogP contribution in [-0.4, -0.2) is 59.5 Å². The second kappa shape index (κ2) is 6.78. The predicted molar refractivity (Wildman–Crippen MR) is 104 cm³/mol. The van der Waals surface area contributed by atoms with Crippen LogP contribution in [0.2, 0.25) is 0 Å². The van der Waals surface area contributed by atoms with E-state index in [0.29, 0.717) is 13.2 Å². The number of carbonyl (C=O) groups is 1. The quantitative estimate of drug-likeness (QED) is 0.603. The number of hydrogen-bond acceptors (Lipinski definition) is 5. The summed E-state index contributed by atoms with van der Waals surface area (Å²) < 4.78 is 7.74. The first kappa shape index (κ1) is 17.0. The maximum Gasteiger partial charge on any atom is 0.238 e. The van der Waals surface area contributed by atoms with Gasteiger partial charge in [-0.15, -0.1) is 0 Å². The van der Waals surface area contributed by atoms with Crippen molar-refractivity contribution in [3.05, 3.63) is 71.4 Å². The first-order chi connectivity index (χ1) is 13.2. The highest BCUT2D eigenvalue weighted by Crippen LogP contribution is 2.38. The highest BCUT2D eigenvalue weighted by Gasteiger charge is 2.51. The molecule has 3 saturated heterocycles. The van der Waals surface area contributed by atoms with Crippen molar-refractivity contribution in [1.29, 1.82) is 0 Å². The van der Waals surface area contributed by atoms with Gasteiger partial charge in [-0.2, -0.15) is 0 Å². The van der Waals surface area contributed by atoms with E-state index in [1.807, 2.05) is 59.6 Å². The van der Waals surface area contributed by atoms with Crippen molar-refractivity contribution in [3.63, 3.8) is 0 Å². The molecule has 0 N–H and O–H groups in total. The van der Waals surface area contributed by atoms with Crippen LogP contribution < -0.4 is 0 Å². The Morgan fingerprint density at radius 1 is 0.963 bits per heavy atom. The summed E-state index contributed by atoms with van der Waals surface area (Å²) >= 11 is 1.70. The summed E-state index contributed by atoms with van der Waals surface area (Å²) in [5.74, 6) is 0.211. The van der Waals surface area contributed by atoms with Crippen LogP contribution >= 0.6 is 11.9 Å². The fourth-order valence-electron chi connectivity index (χ4n) is 3.76. The summed E-state index contributed by atoms with van der Waals surface area (Å²) in [6, 6.07) is 16.0. The van der Waals surface area contributed by atoms with Gasteiger partial charge in [0.15, 0.2) is 0 Å². The molecule has 27 heavy (non-hydrogen) atoms. The highest BCUT2D eigenvalue weighted by atomic mass is 32.2. The van der Waals surface area contributed by atoms with Crippen LogP contribution in [0.1, 0.15) is 5.56 Å². The van der Waals surface area contributed by atoms with Crippen LogP contribution in [0, 0.1) is 0 Å². The summed E-state index contributed by atoms with van der Waals surface area (Å²) in [6.07, 6.45) is 1.82. The highest BCUT2D eigenvalue weighted by molar-refractivity contribution is 7.97. The predicted octanol–water partition coefficient (Wildman–Crippen LogP) is 2.51. The first-order valence-corrected chi connectivity index (χ1v) is 9.98. The zero-order valence-corrected chi connectivity index (χ0v) is 15.8. The largest absolute Gasteiger partial charge is 0.378 e. The molecule has 0 atom stereocenters. The van der Waals surface area contributed by atoms with E-state index >= 15 is 0 Å². The maximum absolute atomic E-state index is 13.1. The van der Waals surface area contributed by atoms with Gasteiger partial charge in [0.1, 0.15) is 10.4 Å².